The number of rotatable bonds is 6. The highest BCUT2D eigenvalue weighted by Gasteiger charge is 2.12. The Morgan fingerprint density at radius 3 is 2.56 bits per heavy atom. The molecular weight excluding hydrogens is 226 g/mol. The third-order valence-corrected chi connectivity index (χ3v) is 3.06. The third kappa shape index (κ3) is 4.06. The molecule has 0 aliphatic rings. The van der Waals surface area contributed by atoms with E-state index < -0.39 is 0 Å². The summed E-state index contributed by atoms with van der Waals surface area (Å²) < 4.78 is 5.26. The molecule has 0 aromatic heterocycles. The second-order valence-corrected chi connectivity index (χ2v) is 4.72. The molecular formula is C15H23NO2. The summed E-state index contributed by atoms with van der Waals surface area (Å²) in [4.78, 5) is 11.9. The van der Waals surface area contributed by atoms with Crippen LogP contribution in [0.1, 0.15) is 54.1 Å². The van der Waals surface area contributed by atoms with Crippen LogP contribution in [0.5, 0.6) is 0 Å². The lowest BCUT2D eigenvalue weighted by molar-refractivity contribution is 0.0497. The van der Waals surface area contributed by atoms with Gasteiger partial charge in [-0.05, 0) is 37.5 Å². The van der Waals surface area contributed by atoms with Crippen LogP contribution in [0, 0.1) is 13.8 Å². The average molecular weight is 249 g/mol. The van der Waals surface area contributed by atoms with E-state index in [1.165, 1.54) is 12.8 Å². The standard InChI is InChI=1S/C15H23NO2/c1-4-5-6-7-8-18-15(17)13-10-14(16)12(3)9-11(13)2/h9-10H,4-8,16H2,1-3H3. The maximum Gasteiger partial charge on any atom is 0.338 e. The number of nitrogen functional groups attached to an aromatic ring is 1. The van der Waals surface area contributed by atoms with E-state index in [-0.39, 0.29) is 5.97 Å². The van der Waals surface area contributed by atoms with Crippen molar-refractivity contribution in [3.05, 3.63) is 28.8 Å². The van der Waals surface area contributed by atoms with Crippen molar-refractivity contribution in [3.8, 4) is 0 Å². The summed E-state index contributed by atoms with van der Waals surface area (Å²) in [7, 11) is 0. The molecule has 0 saturated carbocycles. The highest BCUT2D eigenvalue weighted by Crippen LogP contribution is 2.18. The zero-order chi connectivity index (χ0) is 13.5. The van der Waals surface area contributed by atoms with E-state index >= 15 is 0 Å². The highest BCUT2D eigenvalue weighted by atomic mass is 16.5. The van der Waals surface area contributed by atoms with E-state index in [2.05, 4.69) is 6.92 Å². The Bertz CT molecular complexity index is 413. The van der Waals surface area contributed by atoms with E-state index in [9.17, 15) is 4.79 Å². The molecule has 3 nitrogen and oxygen atoms in total. The normalized spacial score (nSPS) is 10.4. The van der Waals surface area contributed by atoms with Crippen molar-refractivity contribution in [3.63, 3.8) is 0 Å². The Balaban J connectivity index is 2.54. The molecule has 0 amide bonds. The zero-order valence-electron chi connectivity index (χ0n) is 11.6. The van der Waals surface area contributed by atoms with Crippen LogP contribution in [0.15, 0.2) is 12.1 Å². The Labute approximate surface area is 109 Å². The number of hydrogen-bond donors (Lipinski definition) is 1. The Kier molecular flexibility index (Phi) is 5.69. The molecule has 1 aromatic carbocycles. The van der Waals surface area contributed by atoms with Crippen molar-refractivity contribution < 1.29 is 9.53 Å². The van der Waals surface area contributed by atoms with Crippen LogP contribution in [-0.2, 0) is 4.74 Å². The van der Waals surface area contributed by atoms with Gasteiger partial charge in [0.05, 0.1) is 12.2 Å². The molecule has 0 atom stereocenters. The minimum atomic E-state index is -0.268. The van der Waals surface area contributed by atoms with Gasteiger partial charge in [0.2, 0.25) is 0 Å². The Morgan fingerprint density at radius 1 is 1.17 bits per heavy atom. The first kappa shape index (κ1) is 14.6. The van der Waals surface area contributed by atoms with Gasteiger partial charge in [-0.2, -0.15) is 0 Å². The van der Waals surface area contributed by atoms with Crippen molar-refractivity contribution in [1.29, 1.82) is 0 Å². The zero-order valence-corrected chi connectivity index (χ0v) is 11.6. The fourth-order valence-corrected chi connectivity index (χ4v) is 1.86. The summed E-state index contributed by atoms with van der Waals surface area (Å²) in [6.45, 7) is 6.48. The van der Waals surface area contributed by atoms with Crippen LogP contribution in [-0.4, -0.2) is 12.6 Å². The lowest BCUT2D eigenvalue weighted by atomic mass is 10.0. The van der Waals surface area contributed by atoms with Crippen molar-refractivity contribution in [2.45, 2.75) is 46.5 Å². The lowest BCUT2D eigenvalue weighted by Crippen LogP contribution is -2.09. The fraction of sp³-hybridized carbons (Fsp3) is 0.533. The second-order valence-electron chi connectivity index (χ2n) is 4.72. The maximum absolute atomic E-state index is 11.9. The number of nitrogens with two attached hydrogens (primary N) is 1. The van der Waals surface area contributed by atoms with Gasteiger partial charge in [0.1, 0.15) is 0 Å². The number of aryl methyl sites for hydroxylation is 2. The second kappa shape index (κ2) is 7.04. The molecule has 0 saturated heterocycles. The predicted molar refractivity (Wildman–Crippen MR) is 74.8 cm³/mol. The van der Waals surface area contributed by atoms with Crippen molar-refractivity contribution >= 4 is 11.7 Å². The lowest BCUT2D eigenvalue weighted by Gasteiger charge is -2.09. The number of anilines is 1. The molecule has 0 radical (unpaired) electrons. The van der Waals surface area contributed by atoms with Gasteiger partial charge < -0.3 is 10.5 Å². The predicted octanol–water partition coefficient (Wildman–Crippen LogP) is 3.62. The minimum Gasteiger partial charge on any atom is -0.462 e. The summed E-state index contributed by atoms with van der Waals surface area (Å²) in [5.74, 6) is -0.268. The van der Waals surface area contributed by atoms with Crippen molar-refractivity contribution in [1.82, 2.24) is 0 Å². The minimum absolute atomic E-state index is 0.268. The number of unbranched alkanes of at least 4 members (excludes halogenated alkanes) is 3. The van der Waals surface area contributed by atoms with Crippen LogP contribution >= 0.6 is 0 Å². The molecule has 0 bridgehead atoms. The largest absolute Gasteiger partial charge is 0.462 e. The summed E-state index contributed by atoms with van der Waals surface area (Å²) in [6.07, 6.45) is 4.41. The molecule has 0 fully saturated rings. The van der Waals surface area contributed by atoms with E-state index in [0.717, 1.165) is 24.0 Å². The Morgan fingerprint density at radius 2 is 1.89 bits per heavy atom. The first-order chi connectivity index (χ1) is 8.56. The summed E-state index contributed by atoms with van der Waals surface area (Å²) in [6, 6.07) is 3.63. The Hall–Kier alpha value is -1.51. The number of carbonyl (C=O) groups is 1. The molecule has 0 unspecified atom stereocenters. The SMILES string of the molecule is CCCCCCOC(=O)c1cc(N)c(C)cc1C. The number of carbonyl (C=O) groups excluding carboxylic acids is 1. The number of ether oxygens (including phenoxy) is 1. The summed E-state index contributed by atoms with van der Waals surface area (Å²) in [5, 5.41) is 0. The summed E-state index contributed by atoms with van der Waals surface area (Å²) >= 11 is 0. The van der Waals surface area contributed by atoms with Crippen molar-refractivity contribution in [2.75, 3.05) is 12.3 Å². The molecule has 18 heavy (non-hydrogen) atoms. The molecule has 100 valence electrons. The molecule has 0 aliphatic heterocycles. The van der Waals surface area contributed by atoms with E-state index in [1.54, 1.807) is 6.07 Å². The summed E-state index contributed by atoms with van der Waals surface area (Å²) in [5.41, 5.74) is 8.94. The number of esters is 1. The average Bonchev–Trinajstić information content (AvgIpc) is 2.33. The third-order valence-electron chi connectivity index (χ3n) is 3.06. The van der Waals surface area contributed by atoms with Crippen LogP contribution in [0.4, 0.5) is 5.69 Å². The molecule has 2 N–H and O–H groups in total. The van der Waals surface area contributed by atoms with Crippen LogP contribution in [0.2, 0.25) is 0 Å². The molecule has 0 spiro atoms. The topological polar surface area (TPSA) is 52.3 Å². The van der Waals surface area contributed by atoms with E-state index in [1.807, 2.05) is 19.9 Å². The quantitative estimate of drug-likeness (QED) is 0.476. The van der Waals surface area contributed by atoms with Gasteiger partial charge in [0.25, 0.3) is 0 Å². The van der Waals surface area contributed by atoms with Gasteiger partial charge in [-0.3, -0.25) is 0 Å². The van der Waals surface area contributed by atoms with Gasteiger partial charge in [0.15, 0.2) is 0 Å². The van der Waals surface area contributed by atoms with Gasteiger partial charge in [-0.1, -0.05) is 32.3 Å². The molecule has 1 aromatic rings. The van der Waals surface area contributed by atoms with Gasteiger partial charge in [-0.15, -0.1) is 0 Å². The fourth-order valence-electron chi connectivity index (χ4n) is 1.86. The van der Waals surface area contributed by atoms with Crippen LogP contribution < -0.4 is 5.73 Å². The smallest absolute Gasteiger partial charge is 0.338 e. The van der Waals surface area contributed by atoms with Crippen molar-refractivity contribution in [2.24, 2.45) is 0 Å². The first-order valence-corrected chi connectivity index (χ1v) is 6.60. The van der Waals surface area contributed by atoms with Gasteiger partial charge in [-0.25, -0.2) is 4.79 Å². The number of hydrogen-bond acceptors (Lipinski definition) is 3. The van der Waals surface area contributed by atoms with E-state index in [0.29, 0.717) is 17.9 Å². The monoisotopic (exact) mass is 249 g/mol. The molecule has 0 heterocycles. The number of benzene rings is 1. The van der Waals surface area contributed by atoms with Crippen LogP contribution in [0.25, 0.3) is 0 Å². The maximum atomic E-state index is 11.9. The molecule has 1 rings (SSSR count). The van der Waals surface area contributed by atoms with Gasteiger partial charge in [0, 0.05) is 5.69 Å². The van der Waals surface area contributed by atoms with Gasteiger partial charge >= 0.3 is 5.97 Å². The highest BCUT2D eigenvalue weighted by molar-refractivity contribution is 5.92. The van der Waals surface area contributed by atoms with E-state index in [4.69, 9.17) is 10.5 Å². The first-order valence-electron chi connectivity index (χ1n) is 6.60. The molecule has 3 heteroatoms. The van der Waals surface area contributed by atoms with Crippen LogP contribution in [0.3, 0.4) is 0 Å². The molecule has 0 aliphatic carbocycles.